The van der Waals surface area contributed by atoms with Gasteiger partial charge in [0.15, 0.2) is 12.3 Å². The molecule has 21 heteroatoms. The largest absolute Gasteiger partial charge is 0.481 e. The molecule has 0 bridgehead atoms. The van der Waals surface area contributed by atoms with Gasteiger partial charge in [-0.15, -0.1) is 0 Å². The van der Waals surface area contributed by atoms with E-state index in [1.165, 1.54) is 38.2 Å². The van der Waals surface area contributed by atoms with Crippen molar-refractivity contribution in [3.05, 3.63) is 108 Å². The van der Waals surface area contributed by atoms with E-state index >= 15 is 0 Å². The average molecular weight is 1070 g/mol. The fourth-order valence-electron chi connectivity index (χ4n) is 6.98. The third-order valence-corrected chi connectivity index (χ3v) is 13.6. The van der Waals surface area contributed by atoms with E-state index in [-0.39, 0.29) is 18.7 Å². The van der Waals surface area contributed by atoms with Gasteiger partial charge in [0.1, 0.15) is 30.7 Å². The normalized spacial score (nSPS) is 20.1. The fraction of sp³-hybridized carbons (Fsp3) is 0.615. The van der Waals surface area contributed by atoms with Gasteiger partial charge in [0, 0.05) is 19.0 Å². The van der Waals surface area contributed by atoms with Gasteiger partial charge in [-0.1, -0.05) is 137 Å². The lowest BCUT2D eigenvalue weighted by atomic mass is 10.1. The Labute approximate surface area is 431 Å². The molecule has 0 aromatic carbocycles. The predicted molar refractivity (Wildman–Crippen MR) is 281 cm³/mol. The number of esters is 2. The van der Waals surface area contributed by atoms with Crippen LogP contribution in [0.5, 0.6) is 0 Å². The molecule has 0 aliphatic carbocycles. The highest BCUT2D eigenvalue weighted by atomic mass is 31.3. The van der Waals surface area contributed by atoms with Crippen LogP contribution < -0.4 is 11.4 Å². The highest BCUT2D eigenvalue weighted by Gasteiger charge is 2.46. The molecule has 1 saturated heterocycles. The molecule has 0 amide bonds. The second kappa shape index (κ2) is 39.3. The predicted octanol–water partition coefficient (Wildman–Crippen LogP) is 9.64. The number of allylic oxidation sites excluding steroid dienone is 12. The molecule has 7 N–H and O–H groups in total. The molecular weight excluding hydrogens is 985 g/mol. The average Bonchev–Trinajstić information content (AvgIpc) is 3.62. The summed E-state index contributed by atoms with van der Waals surface area (Å²) in [7, 11) is -10.9. The quantitative estimate of drug-likeness (QED) is 0.0117. The Hall–Kier alpha value is -4.10. The van der Waals surface area contributed by atoms with E-state index in [9.17, 15) is 48.6 Å². The maximum Gasteiger partial charge on any atom is 0.481 e. The van der Waals surface area contributed by atoms with Crippen molar-refractivity contribution in [1.82, 2.24) is 9.55 Å². The van der Waals surface area contributed by atoms with Crippen LogP contribution in [0, 0.1) is 0 Å². The minimum Gasteiger partial charge on any atom is -0.462 e. The van der Waals surface area contributed by atoms with Crippen molar-refractivity contribution < 1.29 is 71.4 Å². The lowest BCUT2D eigenvalue weighted by Crippen LogP contribution is -2.36. The number of aromatic nitrogens is 2. The zero-order valence-corrected chi connectivity index (χ0v) is 44.6. The molecule has 2 rings (SSSR count). The maximum absolute atomic E-state index is 12.9. The van der Waals surface area contributed by atoms with Gasteiger partial charge < -0.3 is 45.1 Å². The van der Waals surface area contributed by atoms with Crippen LogP contribution in [0.1, 0.15) is 155 Å². The van der Waals surface area contributed by atoms with Crippen molar-refractivity contribution in [2.75, 3.05) is 25.6 Å². The molecular formula is C52H83N3O16P2. The molecule has 1 fully saturated rings. The molecule has 0 radical (unpaired) electrons. The van der Waals surface area contributed by atoms with Gasteiger partial charge in [-0.3, -0.25) is 23.2 Å². The first kappa shape index (κ1) is 65.0. The zero-order valence-electron chi connectivity index (χ0n) is 42.8. The molecule has 1 aromatic heterocycles. The van der Waals surface area contributed by atoms with E-state index in [1.54, 1.807) is 6.08 Å². The number of phosphoric acid groups is 2. The van der Waals surface area contributed by atoms with E-state index in [1.807, 2.05) is 36.5 Å². The van der Waals surface area contributed by atoms with Gasteiger partial charge in [0.2, 0.25) is 0 Å². The molecule has 1 aliphatic heterocycles. The number of aliphatic hydroxyl groups is 3. The van der Waals surface area contributed by atoms with Crippen LogP contribution in [0.4, 0.5) is 5.82 Å². The van der Waals surface area contributed by atoms with Crippen LogP contribution in [0.2, 0.25) is 0 Å². The van der Waals surface area contributed by atoms with Crippen molar-refractivity contribution in [2.24, 2.45) is 0 Å². The van der Waals surface area contributed by atoms with E-state index in [2.05, 4.69) is 65.7 Å². The number of hydrogen-bond donors (Lipinski definition) is 6. The van der Waals surface area contributed by atoms with Gasteiger partial charge in [0.25, 0.3) is 0 Å². The molecule has 2 heterocycles. The number of carbonyl (C=O) groups excluding carboxylic acids is 2. The molecule has 2 unspecified atom stereocenters. The van der Waals surface area contributed by atoms with Crippen molar-refractivity contribution in [3.8, 4) is 0 Å². The summed E-state index contributed by atoms with van der Waals surface area (Å²) < 4.78 is 56.7. The Kier molecular flexibility index (Phi) is 35.0. The minimum absolute atomic E-state index is 0.00474. The summed E-state index contributed by atoms with van der Waals surface area (Å²) in [5.74, 6) is -1.44. The monoisotopic (exact) mass is 1070 g/mol. The Balaban J connectivity index is 1.85. The summed E-state index contributed by atoms with van der Waals surface area (Å²) in [5, 5.41) is 31.0. The summed E-state index contributed by atoms with van der Waals surface area (Å²) >= 11 is 0. The third kappa shape index (κ3) is 32.1. The number of rotatable bonds is 41. The molecule has 1 aliphatic rings. The summed E-state index contributed by atoms with van der Waals surface area (Å²) in [4.78, 5) is 61.9. The first-order valence-electron chi connectivity index (χ1n) is 25.7. The van der Waals surface area contributed by atoms with Crippen LogP contribution in [-0.4, -0.2) is 96.9 Å². The molecule has 19 nitrogen and oxygen atoms in total. The number of nitrogens with zero attached hydrogens (tertiary/aromatic N) is 2. The molecule has 73 heavy (non-hydrogen) atoms. The zero-order chi connectivity index (χ0) is 53.6. The van der Waals surface area contributed by atoms with Gasteiger partial charge in [-0.25, -0.2) is 13.9 Å². The summed E-state index contributed by atoms with van der Waals surface area (Å²) in [6.45, 7) is 1.93. The number of carbonyl (C=O) groups is 2. The van der Waals surface area contributed by atoms with E-state index in [0.29, 0.717) is 32.1 Å². The van der Waals surface area contributed by atoms with Gasteiger partial charge in [-0.2, -0.15) is 9.29 Å². The van der Waals surface area contributed by atoms with Crippen molar-refractivity contribution in [3.63, 3.8) is 0 Å². The highest BCUT2D eigenvalue weighted by Crippen LogP contribution is 2.60. The van der Waals surface area contributed by atoms with Crippen molar-refractivity contribution in [1.29, 1.82) is 0 Å². The molecule has 0 saturated carbocycles. The molecule has 1 aromatic rings. The van der Waals surface area contributed by atoms with E-state index in [4.69, 9.17) is 29.0 Å². The smallest absolute Gasteiger partial charge is 0.462 e. The second-order valence-electron chi connectivity index (χ2n) is 17.5. The van der Waals surface area contributed by atoms with Gasteiger partial charge in [0.05, 0.1) is 19.3 Å². The van der Waals surface area contributed by atoms with Crippen molar-refractivity contribution >= 4 is 33.4 Å². The molecule has 412 valence electrons. The standard InChI is InChI=1S/C52H83N3O16P2/c1-3-5-7-9-11-12-13-14-15-16-17-18-19-20-24-29-33-37-48(58)69-44(40-66-47(57)36-32-28-25-21-23-27-31-35-43(56)34-30-26-22-10-8-6-4-2)41-67-72(62,63)71-73(64,65)68-42-45-49(59)50(60)51(70-45)55-39-38-46(53)54-52(55)61/h11-12,14-15,17-18,21-22,25-27,30-31,34,38-39,43-45,49-51,56,59-60H,3-10,13,16,19-20,23-24,28-29,32-33,35-37,40-42H2,1-2H3,(H,62,63)(H,64,65)(H2,53,54,61)/b12-11-,15-14-,18-17-,25-21+,26-22-,31-27-,34-30-/t43-,44-,45-,49-,50-,51-/m1/s1. The first-order valence-corrected chi connectivity index (χ1v) is 28.7. The van der Waals surface area contributed by atoms with Gasteiger partial charge >= 0.3 is 33.3 Å². The van der Waals surface area contributed by atoms with Crippen LogP contribution in [0.15, 0.2) is 102 Å². The number of nitrogen functional groups attached to an aromatic ring is 1. The number of nitrogens with two attached hydrogens (primary N) is 1. The highest BCUT2D eigenvalue weighted by molar-refractivity contribution is 7.61. The van der Waals surface area contributed by atoms with Crippen LogP contribution in [0.3, 0.4) is 0 Å². The Morgan fingerprint density at radius 1 is 0.726 bits per heavy atom. The molecule has 0 spiro atoms. The fourth-order valence-corrected chi connectivity index (χ4v) is 9.09. The first-order chi connectivity index (χ1) is 35.1. The summed E-state index contributed by atoms with van der Waals surface area (Å²) in [6, 6.07) is 1.24. The lowest BCUT2D eigenvalue weighted by molar-refractivity contribution is -0.161. The lowest BCUT2D eigenvalue weighted by Gasteiger charge is -2.21. The Morgan fingerprint density at radius 2 is 1.29 bits per heavy atom. The van der Waals surface area contributed by atoms with Crippen LogP contribution >= 0.6 is 15.6 Å². The third-order valence-electron chi connectivity index (χ3n) is 11.0. The Bertz CT molecular complexity index is 2070. The van der Waals surface area contributed by atoms with Gasteiger partial charge in [-0.05, 0) is 89.5 Å². The number of anilines is 1. The molecule has 8 atom stereocenters. The Morgan fingerprint density at radius 3 is 1.93 bits per heavy atom. The number of phosphoric ester groups is 2. The van der Waals surface area contributed by atoms with Crippen LogP contribution in [-0.2, 0) is 46.3 Å². The number of aliphatic hydroxyl groups excluding tert-OH is 3. The van der Waals surface area contributed by atoms with Crippen molar-refractivity contribution in [2.45, 2.75) is 185 Å². The van der Waals surface area contributed by atoms with Crippen LogP contribution in [0.25, 0.3) is 0 Å². The topological polar surface area (TPSA) is 286 Å². The summed E-state index contributed by atoms with van der Waals surface area (Å²) in [6.07, 6.45) is 38.3. The number of ether oxygens (including phenoxy) is 3. The number of hydrogen-bond acceptors (Lipinski definition) is 16. The van der Waals surface area contributed by atoms with E-state index in [0.717, 1.165) is 68.6 Å². The second-order valence-corrected chi connectivity index (χ2v) is 20.6. The number of unbranched alkanes of at least 4 members (excludes halogenated alkanes) is 11. The maximum atomic E-state index is 12.9. The SMILES string of the molecule is CCCCC/C=C\C=C/[C@@H](O)C/C=C\C/C=C/CCCC(=O)OC[C@H](COP(=O)(O)OP(=O)(O)OC[C@H]1O[C@@H](n2ccc(N)nc2=O)[C@H](O)[C@@H]1O)OC(=O)CCCCCC/C=C\C/C=C\C/C=C\CCCCC. The summed E-state index contributed by atoms with van der Waals surface area (Å²) in [5.41, 5.74) is 4.57. The minimum atomic E-state index is -5.46. The van der Waals surface area contributed by atoms with E-state index < -0.39 is 89.8 Å².